The lowest BCUT2D eigenvalue weighted by atomic mass is 10.1. The zero-order valence-corrected chi connectivity index (χ0v) is 10.7. The van der Waals surface area contributed by atoms with Crippen molar-refractivity contribution in [2.24, 2.45) is 0 Å². The van der Waals surface area contributed by atoms with E-state index in [0.717, 1.165) is 0 Å². The first-order valence-electron chi connectivity index (χ1n) is 4.68. The van der Waals surface area contributed by atoms with E-state index >= 15 is 0 Å². The SMILES string of the molecule is O=Cc1cc(-c2ccc(Cl)cc2Cl)ncc1Cl. The predicted octanol–water partition coefficient (Wildman–Crippen LogP) is 4.52. The van der Waals surface area contributed by atoms with Crippen LogP contribution in [0.2, 0.25) is 15.1 Å². The van der Waals surface area contributed by atoms with Gasteiger partial charge in [-0.2, -0.15) is 0 Å². The molecule has 0 saturated carbocycles. The van der Waals surface area contributed by atoms with Crippen molar-refractivity contribution in [2.45, 2.75) is 0 Å². The van der Waals surface area contributed by atoms with Gasteiger partial charge < -0.3 is 0 Å². The molecular weight excluding hydrogens is 280 g/mol. The summed E-state index contributed by atoms with van der Waals surface area (Å²) in [6, 6.07) is 6.66. The van der Waals surface area contributed by atoms with E-state index in [1.807, 2.05) is 0 Å². The van der Waals surface area contributed by atoms with E-state index in [1.165, 1.54) is 6.20 Å². The number of hydrogen-bond donors (Lipinski definition) is 0. The Balaban J connectivity index is 2.56. The Morgan fingerprint density at radius 1 is 1.06 bits per heavy atom. The van der Waals surface area contributed by atoms with E-state index in [4.69, 9.17) is 34.8 Å². The van der Waals surface area contributed by atoms with Gasteiger partial charge in [0.1, 0.15) is 0 Å². The number of benzene rings is 1. The third-order valence-corrected chi connectivity index (χ3v) is 3.08. The van der Waals surface area contributed by atoms with Crippen LogP contribution in [-0.4, -0.2) is 11.3 Å². The molecule has 0 aliphatic heterocycles. The molecule has 0 spiro atoms. The monoisotopic (exact) mass is 285 g/mol. The van der Waals surface area contributed by atoms with Crippen molar-refractivity contribution in [3.63, 3.8) is 0 Å². The summed E-state index contributed by atoms with van der Waals surface area (Å²) < 4.78 is 0. The van der Waals surface area contributed by atoms with Gasteiger partial charge in [0.05, 0.1) is 15.7 Å². The summed E-state index contributed by atoms with van der Waals surface area (Å²) in [7, 11) is 0. The van der Waals surface area contributed by atoms with E-state index in [1.54, 1.807) is 24.3 Å². The minimum Gasteiger partial charge on any atom is -0.298 e. The number of carbonyl (C=O) groups excluding carboxylic acids is 1. The largest absolute Gasteiger partial charge is 0.298 e. The first-order valence-corrected chi connectivity index (χ1v) is 5.81. The van der Waals surface area contributed by atoms with Crippen LogP contribution in [0.25, 0.3) is 11.3 Å². The van der Waals surface area contributed by atoms with Crippen LogP contribution < -0.4 is 0 Å². The summed E-state index contributed by atoms with van der Waals surface area (Å²) >= 11 is 17.7. The summed E-state index contributed by atoms with van der Waals surface area (Å²) in [5.41, 5.74) is 1.66. The van der Waals surface area contributed by atoms with Gasteiger partial charge in [-0.15, -0.1) is 0 Å². The molecule has 0 saturated heterocycles. The average molecular weight is 287 g/mol. The number of hydrogen-bond acceptors (Lipinski definition) is 2. The van der Waals surface area contributed by atoms with Gasteiger partial charge in [-0.1, -0.05) is 34.8 Å². The molecule has 86 valence electrons. The topological polar surface area (TPSA) is 30.0 Å². The maximum atomic E-state index is 10.8. The van der Waals surface area contributed by atoms with Crippen LogP contribution in [0.1, 0.15) is 10.4 Å². The highest BCUT2D eigenvalue weighted by Gasteiger charge is 2.08. The van der Waals surface area contributed by atoms with Crippen molar-refractivity contribution >= 4 is 41.1 Å². The number of halogens is 3. The summed E-state index contributed by atoms with van der Waals surface area (Å²) in [4.78, 5) is 14.9. The summed E-state index contributed by atoms with van der Waals surface area (Å²) in [6.07, 6.45) is 2.10. The molecule has 1 heterocycles. The fraction of sp³-hybridized carbons (Fsp3) is 0. The zero-order valence-electron chi connectivity index (χ0n) is 8.45. The summed E-state index contributed by atoms with van der Waals surface area (Å²) in [5, 5.41) is 1.33. The van der Waals surface area contributed by atoms with Crippen LogP contribution in [0.4, 0.5) is 0 Å². The lowest BCUT2D eigenvalue weighted by Crippen LogP contribution is -1.89. The van der Waals surface area contributed by atoms with Gasteiger partial charge in [0.25, 0.3) is 0 Å². The summed E-state index contributed by atoms with van der Waals surface area (Å²) in [5.74, 6) is 0. The lowest BCUT2D eigenvalue weighted by Gasteiger charge is -2.05. The second kappa shape index (κ2) is 5.05. The van der Waals surface area contributed by atoms with Gasteiger partial charge in [-0.3, -0.25) is 9.78 Å². The Labute approximate surface area is 113 Å². The van der Waals surface area contributed by atoms with E-state index in [2.05, 4.69) is 4.98 Å². The number of carbonyl (C=O) groups is 1. The number of pyridine rings is 1. The van der Waals surface area contributed by atoms with Crippen LogP contribution in [-0.2, 0) is 0 Å². The Hall–Kier alpha value is -1.09. The van der Waals surface area contributed by atoms with Gasteiger partial charge >= 0.3 is 0 Å². The highest BCUT2D eigenvalue weighted by atomic mass is 35.5. The minimum atomic E-state index is 0.314. The van der Waals surface area contributed by atoms with Gasteiger partial charge in [0.15, 0.2) is 6.29 Å². The molecule has 0 unspecified atom stereocenters. The molecule has 0 radical (unpaired) electrons. The predicted molar refractivity (Wildman–Crippen MR) is 70.1 cm³/mol. The molecule has 1 aromatic heterocycles. The normalized spacial score (nSPS) is 10.3. The highest BCUT2D eigenvalue weighted by Crippen LogP contribution is 2.30. The van der Waals surface area contributed by atoms with E-state index in [-0.39, 0.29) is 0 Å². The molecule has 0 atom stereocenters. The molecule has 0 amide bonds. The van der Waals surface area contributed by atoms with Crippen molar-refractivity contribution in [3.8, 4) is 11.3 Å². The van der Waals surface area contributed by atoms with Crippen LogP contribution in [0, 0.1) is 0 Å². The van der Waals surface area contributed by atoms with Crippen molar-refractivity contribution in [3.05, 3.63) is 51.1 Å². The Morgan fingerprint density at radius 3 is 2.47 bits per heavy atom. The molecule has 0 aliphatic rings. The second-order valence-electron chi connectivity index (χ2n) is 3.33. The minimum absolute atomic E-state index is 0.314. The standard InChI is InChI=1S/C12H6Cl3NO/c13-8-1-2-9(10(14)4-8)12-3-7(6-17)11(15)5-16-12/h1-6H. The molecule has 1 aromatic carbocycles. The van der Waals surface area contributed by atoms with Gasteiger partial charge in [0, 0.05) is 22.3 Å². The lowest BCUT2D eigenvalue weighted by molar-refractivity contribution is 0.112. The fourth-order valence-electron chi connectivity index (χ4n) is 1.39. The van der Waals surface area contributed by atoms with Gasteiger partial charge in [0.2, 0.25) is 0 Å². The Morgan fingerprint density at radius 2 is 1.82 bits per heavy atom. The maximum Gasteiger partial charge on any atom is 0.151 e. The van der Waals surface area contributed by atoms with Gasteiger partial charge in [-0.25, -0.2) is 0 Å². The smallest absolute Gasteiger partial charge is 0.151 e. The Kier molecular flexibility index (Phi) is 3.67. The average Bonchev–Trinajstić information content (AvgIpc) is 2.30. The first kappa shape index (κ1) is 12.4. The highest BCUT2D eigenvalue weighted by molar-refractivity contribution is 6.36. The molecular formula is C12H6Cl3NO. The molecule has 0 fully saturated rings. The third-order valence-electron chi connectivity index (χ3n) is 2.22. The van der Waals surface area contributed by atoms with Crippen LogP contribution in [0.15, 0.2) is 30.5 Å². The molecule has 2 nitrogen and oxygen atoms in total. The van der Waals surface area contributed by atoms with Crippen molar-refractivity contribution in [2.75, 3.05) is 0 Å². The molecule has 17 heavy (non-hydrogen) atoms. The van der Waals surface area contributed by atoms with E-state index in [0.29, 0.717) is 38.2 Å². The Bertz CT molecular complexity index is 584. The number of nitrogens with zero attached hydrogens (tertiary/aromatic N) is 1. The van der Waals surface area contributed by atoms with Gasteiger partial charge in [-0.05, 0) is 24.3 Å². The maximum absolute atomic E-state index is 10.8. The van der Waals surface area contributed by atoms with Crippen LogP contribution in [0.5, 0.6) is 0 Å². The van der Waals surface area contributed by atoms with Crippen molar-refractivity contribution in [1.82, 2.24) is 4.98 Å². The van der Waals surface area contributed by atoms with Crippen molar-refractivity contribution in [1.29, 1.82) is 0 Å². The molecule has 2 rings (SSSR count). The molecule has 2 aromatic rings. The van der Waals surface area contributed by atoms with Crippen LogP contribution in [0.3, 0.4) is 0 Å². The van der Waals surface area contributed by atoms with Crippen LogP contribution >= 0.6 is 34.8 Å². The number of aldehydes is 1. The first-order chi connectivity index (χ1) is 8.11. The van der Waals surface area contributed by atoms with E-state index < -0.39 is 0 Å². The quantitative estimate of drug-likeness (QED) is 0.760. The second-order valence-corrected chi connectivity index (χ2v) is 4.58. The fourth-order valence-corrected chi connectivity index (χ4v) is 2.04. The zero-order chi connectivity index (χ0) is 12.4. The number of rotatable bonds is 2. The number of aromatic nitrogens is 1. The van der Waals surface area contributed by atoms with Crippen molar-refractivity contribution < 1.29 is 4.79 Å². The van der Waals surface area contributed by atoms with E-state index in [9.17, 15) is 4.79 Å². The molecule has 0 aliphatic carbocycles. The molecule has 0 N–H and O–H groups in total. The summed E-state index contributed by atoms with van der Waals surface area (Å²) in [6.45, 7) is 0. The molecule has 0 bridgehead atoms. The third kappa shape index (κ3) is 2.60. The molecule has 5 heteroatoms.